The molecule has 0 aromatic carbocycles. The molecule has 3 aliphatic rings. The second kappa shape index (κ2) is 8.22. The maximum Gasteiger partial charge on any atom is 0.269 e. The fraction of sp³-hybridized carbons (Fsp3) is 0.435. The van der Waals surface area contributed by atoms with Crippen LogP contribution in [0.3, 0.4) is 0 Å². The van der Waals surface area contributed by atoms with Gasteiger partial charge in [0.05, 0.1) is 22.6 Å². The lowest BCUT2D eigenvalue weighted by atomic mass is 9.97. The van der Waals surface area contributed by atoms with E-state index < -0.39 is 0 Å². The molecule has 1 aliphatic carbocycles. The smallest absolute Gasteiger partial charge is 0.269 e. The minimum Gasteiger partial charge on any atom is -0.371 e. The molecule has 1 amide bonds. The molecule has 0 atom stereocenters. The van der Waals surface area contributed by atoms with E-state index in [0.717, 1.165) is 57.5 Å². The summed E-state index contributed by atoms with van der Waals surface area (Å²) in [7, 11) is 1.63. The summed E-state index contributed by atoms with van der Waals surface area (Å²) in [4.78, 5) is 27.4. The molecule has 0 spiro atoms. The number of fused-ring (bicyclic) bond motifs is 1. The Morgan fingerprint density at radius 1 is 1.13 bits per heavy atom. The van der Waals surface area contributed by atoms with Gasteiger partial charge in [0.15, 0.2) is 0 Å². The summed E-state index contributed by atoms with van der Waals surface area (Å²) in [5.74, 6) is 0.414. The Bertz CT molecular complexity index is 960. The molecule has 2 aliphatic heterocycles. The lowest BCUT2D eigenvalue weighted by Gasteiger charge is -2.32. The molecule has 5 rings (SSSR count). The number of nitrogens with zero attached hydrogens (tertiary/aromatic N) is 4. The second-order valence-electron chi connectivity index (χ2n) is 8.10. The molecule has 4 heterocycles. The quantitative estimate of drug-likeness (QED) is 0.822. The summed E-state index contributed by atoms with van der Waals surface area (Å²) in [5.41, 5.74) is 4.26. The average molecular weight is 422 g/mol. The third kappa shape index (κ3) is 3.74. The highest BCUT2D eigenvalue weighted by Crippen LogP contribution is 2.35. The van der Waals surface area contributed by atoms with E-state index in [2.05, 4.69) is 38.3 Å². The van der Waals surface area contributed by atoms with Crippen LogP contribution in [0.15, 0.2) is 42.3 Å². The van der Waals surface area contributed by atoms with Gasteiger partial charge in [-0.15, -0.1) is 11.3 Å². The Morgan fingerprint density at radius 3 is 2.60 bits per heavy atom. The zero-order chi connectivity index (χ0) is 20.5. The first-order chi connectivity index (χ1) is 14.7. The Labute approximate surface area is 181 Å². The van der Waals surface area contributed by atoms with Crippen LogP contribution in [-0.4, -0.2) is 54.0 Å². The SMILES string of the molecule is CNC(=O)c1ccc(N2CCC(c3nc4c(s3)CCN(C3=CC=C3)CC4)CC2)cn1. The average Bonchev–Trinajstić information content (AvgIpc) is 3.07. The van der Waals surface area contributed by atoms with Crippen LogP contribution in [0.5, 0.6) is 0 Å². The van der Waals surface area contributed by atoms with E-state index in [1.165, 1.54) is 21.3 Å². The number of carbonyl (C=O) groups is 1. The summed E-state index contributed by atoms with van der Waals surface area (Å²) < 4.78 is 0. The minimum atomic E-state index is -0.146. The van der Waals surface area contributed by atoms with Crippen molar-refractivity contribution in [2.45, 2.75) is 31.6 Å². The van der Waals surface area contributed by atoms with Crippen molar-refractivity contribution < 1.29 is 4.79 Å². The summed E-state index contributed by atoms with van der Waals surface area (Å²) in [5, 5.41) is 3.95. The molecule has 2 aromatic rings. The molecule has 0 bridgehead atoms. The lowest BCUT2D eigenvalue weighted by molar-refractivity contribution is 0.0958. The fourth-order valence-electron chi connectivity index (χ4n) is 4.43. The van der Waals surface area contributed by atoms with Gasteiger partial charge in [-0.3, -0.25) is 4.79 Å². The van der Waals surface area contributed by atoms with Crippen LogP contribution >= 0.6 is 11.3 Å². The van der Waals surface area contributed by atoms with Gasteiger partial charge in [-0.1, -0.05) is 6.08 Å². The number of piperidine rings is 1. The van der Waals surface area contributed by atoms with Crippen LogP contribution < -0.4 is 10.2 Å². The first-order valence-corrected chi connectivity index (χ1v) is 11.6. The Morgan fingerprint density at radius 2 is 1.93 bits per heavy atom. The molecule has 1 N–H and O–H groups in total. The summed E-state index contributed by atoms with van der Waals surface area (Å²) in [6.45, 7) is 4.18. The van der Waals surface area contributed by atoms with E-state index in [0.29, 0.717) is 11.6 Å². The number of allylic oxidation sites excluding steroid dienone is 3. The highest BCUT2D eigenvalue weighted by Gasteiger charge is 2.26. The molecular weight excluding hydrogens is 394 g/mol. The predicted octanol–water partition coefficient (Wildman–Crippen LogP) is 3.14. The normalized spacial score (nSPS) is 19.0. The number of pyridine rings is 1. The monoisotopic (exact) mass is 421 g/mol. The van der Waals surface area contributed by atoms with Gasteiger partial charge in [0.1, 0.15) is 5.69 Å². The Kier molecular flexibility index (Phi) is 5.29. The summed E-state index contributed by atoms with van der Waals surface area (Å²) >= 11 is 1.95. The number of amides is 1. The first-order valence-electron chi connectivity index (χ1n) is 10.8. The molecule has 6 nitrogen and oxygen atoms in total. The van der Waals surface area contributed by atoms with Gasteiger partial charge in [0.25, 0.3) is 5.91 Å². The molecular formula is C23H27N5OS. The van der Waals surface area contributed by atoms with Gasteiger partial charge in [0, 0.05) is 62.6 Å². The van der Waals surface area contributed by atoms with Gasteiger partial charge in [-0.25, -0.2) is 9.97 Å². The van der Waals surface area contributed by atoms with Crippen LogP contribution in [0.1, 0.15) is 44.8 Å². The second-order valence-corrected chi connectivity index (χ2v) is 9.22. The highest BCUT2D eigenvalue weighted by molar-refractivity contribution is 7.11. The van der Waals surface area contributed by atoms with Crippen LogP contribution in [0, 0.1) is 0 Å². The van der Waals surface area contributed by atoms with E-state index in [1.54, 1.807) is 13.1 Å². The van der Waals surface area contributed by atoms with Crippen molar-refractivity contribution >= 4 is 22.9 Å². The van der Waals surface area contributed by atoms with Crippen LogP contribution in [0.4, 0.5) is 5.69 Å². The standard InChI is InChI=1S/C23H27N5OS/c1-24-22(29)20-6-5-18(15-25-20)28-11-7-16(8-12-28)23-26-19-9-13-27(17-3-2-4-17)14-10-21(19)30-23/h2-6,15-16H,7-14H2,1H3,(H,24,29). The van der Waals surface area contributed by atoms with Crippen molar-refractivity contribution in [1.29, 1.82) is 0 Å². The summed E-state index contributed by atoms with van der Waals surface area (Å²) in [6, 6.07) is 3.80. The van der Waals surface area contributed by atoms with Crippen molar-refractivity contribution in [2.24, 2.45) is 0 Å². The van der Waals surface area contributed by atoms with E-state index in [9.17, 15) is 4.79 Å². The maximum atomic E-state index is 11.7. The molecule has 0 radical (unpaired) electrons. The first kappa shape index (κ1) is 19.3. The van der Waals surface area contributed by atoms with E-state index in [1.807, 2.05) is 23.6 Å². The number of carbonyl (C=O) groups excluding carboxylic acids is 1. The molecule has 156 valence electrons. The van der Waals surface area contributed by atoms with Crippen LogP contribution in [-0.2, 0) is 12.8 Å². The molecule has 0 unspecified atom stereocenters. The molecule has 0 saturated carbocycles. The van der Waals surface area contributed by atoms with Crippen molar-refractivity contribution in [3.8, 4) is 0 Å². The van der Waals surface area contributed by atoms with Crippen molar-refractivity contribution in [1.82, 2.24) is 20.2 Å². The number of nitrogens with one attached hydrogen (secondary N) is 1. The molecule has 1 saturated heterocycles. The largest absolute Gasteiger partial charge is 0.371 e. The third-order valence-corrected chi connectivity index (χ3v) is 7.66. The highest BCUT2D eigenvalue weighted by atomic mass is 32.1. The number of aromatic nitrogens is 2. The number of hydrogen-bond acceptors (Lipinski definition) is 6. The Hall–Kier alpha value is -2.67. The number of anilines is 1. The lowest BCUT2D eigenvalue weighted by Crippen LogP contribution is -2.33. The third-order valence-electron chi connectivity index (χ3n) is 6.34. The number of hydrogen-bond donors (Lipinski definition) is 1. The zero-order valence-electron chi connectivity index (χ0n) is 17.3. The number of thiazole rings is 1. The molecule has 2 aromatic heterocycles. The Balaban J connectivity index is 1.19. The van der Waals surface area contributed by atoms with E-state index in [4.69, 9.17) is 4.98 Å². The topological polar surface area (TPSA) is 61.4 Å². The molecule has 30 heavy (non-hydrogen) atoms. The number of rotatable bonds is 4. The molecule has 7 heteroatoms. The van der Waals surface area contributed by atoms with Crippen LogP contribution in [0.2, 0.25) is 0 Å². The molecule has 1 fully saturated rings. The van der Waals surface area contributed by atoms with Crippen molar-refractivity contribution in [2.75, 3.05) is 38.1 Å². The van der Waals surface area contributed by atoms with Gasteiger partial charge in [-0.05, 0) is 37.1 Å². The maximum absolute atomic E-state index is 11.7. The van der Waals surface area contributed by atoms with Gasteiger partial charge in [-0.2, -0.15) is 0 Å². The fourth-order valence-corrected chi connectivity index (χ4v) is 5.70. The minimum absolute atomic E-state index is 0.146. The van der Waals surface area contributed by atoms with Crippen molar-refractivity contribution in [3.05, 3.63) is 63.5 Å². The zero-order valence-corrected chi connectivity index (χ0v) is 18.1. The van der Waals surface area contributed by atoms with E-state index >= 15 is 0 Å². The van der Waals surface area contributed by atoms with E-state index in [-0.39, 0.29) is 5.91 Å². The van der Waals surface area contributed by atoms with Gasteiger partial charge >= 0.3 is 0 Å². The van der Waals surface area contributed by atoms with Gasteiger partial charge < -0.3 is 15.1 Å². The van der Waals surface area contributed by atoms with Gasteiger partial charge in [0.2, 0.25) is 0 Å². The van der Waals surface area contributed by atoms with Crippen LogP contribution in [0.25, 0.3) is 0 Å². The predicted molar refractivity (Wildman–Crippen MR) is 120 cm³/mol. The summed E-state index contributed by atoms with van der Waals surface area (Å²) in [6.07, 6.45) is 12.7. The van der Waals surface area contributed by atoms with Crippen molar-refractivity contribution in [3.63, 3.8) is 0 Å².